The quantitative estimate of drug-likeness (QED) is 0.665. The molecule has 1 saturated carbocycles. The van der Waals surface area contributed by atoms with Gasteiger partial charge in [0.25, 0.3) is 0 Å². The Morgan fingerprint density at radius 3 is 2.62 bits per heavy atom. The van der Waals surface area contributed by atoms with Gasteiger partial charge < -0.3 is 10.6 Å². The normalized spacial score (nSPS) is 31.2. The maximum atomic E-state index is 13.9. The number of benzene rings is 2. The minimum Gasteiger partial charge on any atom is -0.350 e. The smallest absolute Gasteiger partial charge is 0.242 e. The molecule has 0 radical (unpaired) electrons. The van der Waals surface area contributed by atoms with Crippen LogP contribution in [0.2, 0.25) is 5.02 Å². The van der Waals surface area contributed by atoms with Crippen LogP contribution in [0.15, 0.2) is 54.6 Å². The minimum absolute atomic E-state index is 0.171. The van der Waals surface area contributed by atoms with Crippen LogP contribution in [-0.2, 0) is 17.8 Å². The number of rotatable bonds is 7. The Morgan fingerprint density at radius 2 is 1.91 bits per heavy atom. The third-order valence-electron chi connectivity index (χ3n) is 7.87. The number of nitrogens with zero attached hydrogens (tertiary/aromatic N) is 1. The molecule has 0 aromatic heterocycles. The van der Waals surface area contributed by atoms with Gasteiger partial charge in [-0.1, -0.05) is 67.9 Å². The highest BCUT2D eigenvalue weighted by molar-refractivity contribution is 6.30. The number of fused-ring (bicyclic) bond motifs is 1. The molecule has 4 bridgehead atoms. The monoisotopic (exact) mass is 451 g/mol. The van der Waals surface area contributed by atoms with E-state index in [0.717, 1.165) is 43.1 Å². The summed E-state index contributed by atoms with van der Waals surface area (Å²) >= 11 is 6.03. The first kappa shape index (κ1) is 21.9. The molecule has 4 nitrogen and oxygen atoms in total. The van der Waals surface area contributed by atoms with E-state index in [9.17, 15) is 4.79 Å². The number of carbonyl (C=O) groups is 1. The van der Waals surface area contributed by atoms with Gasteiger partial charge in [-0.25, -0.2) is 0 Å². The van der Waals surface area contributed by atoms with Gasteiger partial charge in [0.15, 0.2) is 0 Å². The number of likely N-dealkylation sites (tertiary alicyclic amines) is 1. The van der Waals surface area contributed by atoms with Crippen LogP contribution in [-0.4, -0.2) is 42.0 Å². The summed E-state index contributed by atoms with van der Waals surface area (Å²) in [6, 6.07) is 18.8. The Morgan fingerprint density at radius 1 is 1.16 bits per heavy atom. The third-order valence-corrected chi connectivity index (χ3v) is 8.12. The Labute approximate surface area is 196 Å². The number of nitrogens with one attached hydrogen (secondary N) is 2. The molecule has 2 aromatic rings. The number of hydrogen-bond donors (Lipinski definition) is 2. The fraction of sp³-hybridized carbons (Fsp3) is 0.519. The SMILES string of the molecule is CC(C)CN1CC2CC3CNC2(C(=O)NCc2ccc(Cl)cc2)C1C3Cc1ccccc1. The summed E-state index contributed by atoms with van der Waals surface area (Å²) in [5.41, 5.74) is 1.97. The first-order valence-electron chi connectivity index (χ1n) is 12.0. The predicted octanol–water partition coefficient (Wildman–Crippen LogP) is 4.13. The summed E-state index contributed by atoms with van der Waals surface area (Å²) in [6.45, 7) is 8.12. The Kier molecular flexibility index (Phi) is 6.04. The molecule has 170 valence electrons. The standard InChI is InChI=1S/C27H34ClN3O/c1-18(2)16-31-17-22-13-21-15-30-27(22,25(31)24(21)12-19-6-4-3-5-7-19)26(32)29-14-20-8-10-23(28)11-9-20/h3-11,18,21-22,24-25,30H,12-17H2,1-2H3,(H,29,32). The van der Waals surface area contributed by atoms with Gasteiger partial charge in [-0.3, -0.25) is 9.69 Å². The van der Waals surface area contributed by atoms with Gasteiger partial charge in [-0.05, 0) is 60.4 Å². The van der Waals surface area contributed by atoms with Gasteiger partial charge in [0.2, 0.25) is 5.91 Å². The second-order valence-electron chi connectivity index (χ2n) is 10.4. The van der Waals surface area contributed by atoms with E-state index in [-0.39, 0.29) is 11.9 Å². The Balaban J connectivity index is 1.42. The number of halogens is 1. The van der Waals surface area contributed by atoms with Gasteiger partial charge in [0.1, 0.15) is 5.54 Å². The molecule has 1 aliphatic carbocycles. The lowest BCUT2D eigenvalue weighted by molar-refractivity contribution is -0.138. The topological polar surface area (TPSA) is 44.4 Å². The van der Waals surface area contributed by atoms with Crippen LogP contribution in [0.3, 0.4) is 0 Å². The summed E-state index contributed by atoms with van der Waals surface area (Å²) in [4.78, 5) is 16.5. The van der Waals surface area contributed by atoms with Crippen molar-refractivity contribution in [2.75, 3.05) is 19.6 Å². The maximum absolute atomic E-state index is 13.9. The zero-order valence-corrected chi connectivity index (χ0v) is 19.8. The van der Waals surface area contributed by atoms with Crippen molar-refractivity contribution in [3.8, 4) is 0 Å². The van der Waals surface area contributed by atoms with E-state index in [1.807, 2.05) is 24.3 Å². The minimum atomic E-state index is -0.491. The fourth-order valence-corrected chi connectivity index (χ4v) is 6.80. The van der Waals surface area contributed by atoms with Crippen LogP contribution in [0.4, 0.5) is 0 Å². The van der Waals surface area contributed by atoms with Crippen molar-refractivity contribution in [2.45, 2.75) is 44.8 Å². The van der Waals surface area contributed by atoms with E-state index in [2.05, 4.69) is 59.7 Å². The van der Waals surface area contributed by atoms with Crippen LogP contribution in [0.1, 0.15) is 31.4 Å². The average Bonchev–Trinajstić information content (AvgIpc) is 3.04. The second kappa shape index (κ2) is 8.81. The van der Waals surface area contributed by atoms with Crippen LogP contribution in [0, 0.1) is 23.7 Å². The zero-order chi connectivity index (χ0) is 22.3. The molecule has 5 unspecified atom stereocenters. The van der Waals surface area contributed by atoms with Gasteiger partial charge in [0, 0.05) is 36.6 Å². The highest BCUT2D eigenvalue weighted by Gasteiger charge is 2.67. The molecule has 6 rings (SSSR count). The maximum Gasteiger partial charge on any atom is 0.242 e. The highest BCUT2D eigenvalue weighted by atomic mass is 35.5. The Bertz CT molecular complexity index is 947. The molecule has 3 heterocycles. The second-order valence-corrected chi connectivity index (χ2v) is 10.8. The van der Waals surface area contributed by atoms with Gasteiger partial charge in [0.05, 0.1) is 0 Å². The number of piperidine rings is 2. The summed E-state index contributed by atoms with van der Waals surface area (Å²) in [5.74, 6) is 2.26. The van der Waals surface area contributed by atoms with Crippen molar-refractivity contribution >= 4 is 17.5 Å². The fourth-order valence-electron chi connectivity index (χ4n) is 6.67. The van der Waals surface area contributed by atoms with Gasteiger partial charge in [-0.2, -0.15) is 0 Å². The van der Waals surface area contributed by atoms with Crippen molar-refractivity contribution in [3.63, 3.8) is 0 Å². The first-order chi connectivity index (χ1) is 15.5. The van der Waals surface area contributed by atoms with Crippen molar-refractivity contribution in [1.29, 1.82) is 0 Å². The van der Waals surface area contributed by atoms with E-state index in [4.69, 9.17) is 11.6 Å². The molecule has 2 N–H and O–H groups in total. The van der Waals surface area contributed by atoms with Crippen LogP contribution in [0.5, 0.6) is 0 Å². The number of carbonyl (C=O) groups excluding carboxylic acids is 1. The summed E-state index contributed by atoms with van der Waals surface area (Å²) < 4.78 is 0. The number of amides is 1. The van der Waals surface area contributed by atoms with E-state index in [0.29, 0.717) is 30.2 Å². The third kappa shape index (κ3) is 3.87. The summed E-state index contributed by atoms with van der Waals surface area (Å²) in [5, 5.41) is 7.80. The summed E-state index contributed by atoms with van der Waals surface area (Å²) in [7, 11) is 0. The van der Waals surface area contributed by atoms with Crippen molar-refractivity contribution in [2.24, 2.45) is 23.7 Å². The van der Waals surface area contributed by atoms with E-state index < -0.39 is 5.54 Å². The lowest BCUT2D eigenvalue weighted by atomic mass is 9.58. The molecule has 32 heavy (non-hydrogen) atoms. The largest absolute Gasteiger partial charge is 0.350 e. The predicted molar refractivity (Wildman–Crippen MR) is 129 cm³/mol. The molecule has 4 aliphatic rings. The molecule has 5 heteroatoms. The van der Waals surface area contributed by atoms with Crippen LogP contribution < -0.4 is 10.6 Å². The number of hydrogen-bond acceptors (Lipinski definition) is 3. The van der Waals surface area contributed by atoms with E-state index >= 15 is 0 Å². The molecule has 3 aliphatic heterocycles. The van der Waals surface area contributed by atoms with Crippen molar-refractivity contribution in [3.05, 3.63) is 70.7 Å². The van der Waals surface area contributed by atoms with Crippen molar-refractivity contribution < 1.29 is 4.79 Å². The van der Waals surface area contributed by atoms with Crippen LogP contribution >= 0.6 is 11.6 Å². The van der Waals surface area contributed by atoms with Crippen LogP contribution in [0.25, 0.3) is 0 Å². The molecule has 5 atom stereocenters. The van der Waals surface area contributed by atoms with E-state index in [1.54, 1.807) is 0 Å². The average molecular weight is 452 g/mol. The highest BCUT2D eigenvalue weighted by Crippen LogP contribution is 2.53. The van der Waals surface area contributed by atoms with Gasteiger partial charge >= 0.3 is 0 Å². The van der Waals surface area contributed by atoms with E-state index in [1.165, 1.54) is 5.56 Å². The van der Waals surface area contributed by atoms with Crippen molar-refractivity contribution in [1.82, 2.24) is 15.5 Å². The lowest BCUT2D eigenvalue weighted by Crippen LogP contribution is -2.76. The first-order valence-corrected chi connectivity index (χ1v) is 12.4. The molecule has 1 amide bonds. The molecule has 0 spiro atoms. The van der Waals surface area contributed by atoms with Gasteiger partial charge in [-0.15, -0.1) is 0 Å². The molecular formula is C27H34ClN3O. The molecular weight excluding hydrogens is 418 g/mol. The Hall–Kier alpha value is -1.88. The lowest BCUT2D eigenvalue weighted by Gasteiger charge is -2.56. The molecule has 2 aromatic carbocycles. The molecule has 3 saturated heterocycles. The molecule has 4 fully saturated rings. The zero-order valence-electron chi connectivity index (χ0n) is 19.1. The summed E-state index contributed by atoms with van der Waals surface area (Å²) in [6.07, 6.45) is 2.19.